The van der Waals surface area contributed by atoms with Gasteiger partial charge in [0, 0.05) is 58.2 Å². The van der Waals surface area contributed by atoms with Crippen molar-refractivity contribution in [1.82, 2.24) is 14.6 Å². The molecular weight excluding hydrogens is 576 g/mol. The molecule has 2 aliphatic rings. The Morgan fingerprint density at radius 3 is 2.12 bits per heavy atom. The molecule has 0 spiro atoms. The van der Waals surface area contributed by atoms with E-state index < -0.39 is 22.0 Å². The highest BCUT2D eigenvalue weighted by molar-refractivity contribution is 6.76. The van der Waals surface area contributed by atoms with E-state index in [-0.39, 0.29) is 12.2 Å². The van der Waals surface area contributed by atoms with Crippen LogP contribution in [0.1, 0.15) is 49.3 Å². The molecule has 43 heavy (non-hydrogen) atoms. The first-order chi connectivity index (χ1) is 20.4. The maximum absolute atomic E-state index is 14.8. The molecule has 1 aromatic carbocycles. The largest absolute Gasteiger partial charge is 0.392 e. The summed E-state index contributed by atoms with van der Waals surface area (Å²) in [4.78, 5) is 7.39. The van der Waals surface area contributed by atoms with Crippen LogP contribution >= 0.6 is 0 Å². The van der Waals surface area contributed by atoms with Crippen LogP contribution in [0.3, 0.4) is 0 Å². The van der Waals surface area contributed by atoms with Gasteiger partial charge < -0.3 is 19.5 Å². The molecule has 0 saturated heterocycles. The van der Waals surface area contributed by atoms with Crippen molar-refractivity contribution in [1.29, 1.82) is 0 Å². The summed E-state index contributed by atoms with van der Waals surface area (Å²) in [7, 11) is -2.47. The summed E-state index contributed by atoms with van der Waals surface area (Å²) >= 11 is 0. The van der Waals surface area contributed by atoms with E-state index in [1.165, 1.54) is 38.2 Å². The second-order valence-electron chi connectivity index (χ2n) is 15.2. The smallest absolute Gasteiger partial charge is 0.165 e. The highest BCUT2D eigenvalue weighted by atomic mass is 28.3. The fraction of sp³-hybridized carbons (Fsp3) is 0.636. The van der Waals surface area contributed by atoms with Gasteiger partial charge in [-0.3, -0.25) is 0 Å². The standard InChI is InChI=1S/C33H51FN4O3Si2/c1-42(2,3)13-11-40-22-37(23-41-12-14-43(4,5)6)32-19-31(28-16-24-7-8-25(15-24)17-28)36-33-29(20-35-38(32)33)26-9-10-27(21-39)30(34)18-26/h9-10,18-20,24-25,28,39H,7-8,11-17,21-23H2,1-6H3/t24-,25+,28?. The Labute approximate surface area is 258 Å². The summed E-state index contributed by atoms with van der Waals surface area (Å²) in [5.74, 6) is 2.43. The van der Waals surface area contributed by atoms with Crippen LogP contribution < -0.4 is 4.90 Å². The molecule has 7 nitrogen and oxygen atoms in total. The Balaban J connectivity index is 1.52. The van der Waals surface area contributed by atoms with E-state index in [4.69, 9.17) is 19.6 Å². The Morgan fingerprint density at radius 1 is 0.930 bits per heavy atom. The monoisotopic (exact) mass is 626 g/mol. The van der Waals surface area contributed by atoms with Crippen molar-refractivity contribution in [2.24, 2.45) is 11.8 Å². The van der Waals surface area contributed by atoms with E-state index in [9.17, 15) is 9.50 Å². The van der Waals surface area contributed by atoms with Crippen LogP contribution in [0.25, 0.3) is 16.8 Å². The van der Waals surface area contributed by atoms with Crippen molar-refractivity contribution in [3.8, 4) is 11.1 Å². The Morgan fingerprint density at radius 2 is 1.56 bits per heavy atom. The van der Waals surface area contributed by atoms with Gasteiger partial charge in [-0.25, -0.2) is 9.37 Å². The number of ether oxygens (including phenoxy) is 2. The van der Waals surface area contributed by atoms with Gasteiger partial charge in [-0.2, -0.15) is 9.61 Å². The fourth-order valence-corrected chi connectivity index (χ4v) is 7.98. The predicted octanol–water partition coefficient (Wildman–Crippen LogP) is 7.75. The quantitative estimate of drug-likeness (QED) is 0.112. The second-order valence-corrected chi connectivity index (χ2v) is 26.5. The number of hydrogen-bond donors (Lipinski definition) is 1. The van der Waals surface area contributed by atoms with Crippen molar-refractivity contribution in [2.45, 2.75) is 96.0 Å². The zero-order chi connectivity index (χ0) is 30.8. The molecule has 2 heterocycles. The third-order valence-electron chi connectivity index (χ3n) is 9.12. The third kappa shape index (κ3) is 8.33. The first kappa shape index (κ1) is 32.3. The normalized spacial score (nSPS) is 20.7. The van der Waals surface area contributed by atoms with Gasteiger partial charge in [-0.15, -0.1) is 0 Å². The molecule has 3 aromatic rings. The molecule has 1 N–H and O–H groups in total. The molecule has 2 fully saturated rings. The summed E-state index contributed by atoms with van der Waals surface area (Å²) < 4.78 is 29.2. The van der Waals surface area contributed by atoms with Gasteiger partial charge in [0.15, 0.2) is 5.65 Å². The Bertz CT molecular complexity index is 1350. The van der Waals surface area contributed by atoms with Gasteiger partial charge in [0.1, 0.15) is 25.1 Å². The molecule has 2 bridgehead atoms. The van der Waals surface area contributed by atoms with Gasteiger partial charge in [0.25, 0.3) is 0 Å². The summed E-state index contributed by atoms with van der Waals surface area (Å²) in [5, 5.41) is 14.3. The number of rotatable bonds is 14. The minimum absolute atomic E-state index is 0.282. The van der Waals surface area contributed by atoms with Crippen LogP contribution in [0.5, 0.6) is 0 Å². The van der Waals surface area contributed by atoms with Crippen molar-refractivity contribution < 1.29 is 19.0 Å². The lowest BCUT2D eigenvalue weighted by atomic mass is 9.79. The summed E-state index contributed by atoms with van der Waals surface area (Å²) in [6, 6.07) is 9.37. The Kier molecular flexibility index (Phi) is 10.1. The first-order valence-electron chi connectivity index (χ1n) is 16.1. The molecule has 5 rings (SSSR count). The average molecular weight is 627 g/mol. The number of hydrogen-bond acceptors (Lipinski definition) is 6. The molecule has 1 unspecified atom stereocenters. The number of fused-ring (bicyclic) bond motifs is 3. The van der Waals surface area contributed by atoms with Crippen LogP contribution in [0.15, 0.2) is 30.5 Å². The molecule has 236 valence electrons. The van der Waals surface area contributed by atoms with Gasteiger partial charge in [-0.1, -0.05) is 64.3 Å². The van der Waals surface area contributed by atoms with Crippen molar-refractivity contribution in [3.05, 3.63) is 47.5 Å². The highest BCUT2D eigenvalue weighted by Gasteiger charge is 2.36. The molecule has 0 radical (unpaired) electrons. The molecular formula is C33H51FN4O3Si2. The van der Waals surface area contributed by atoms with Crippen molar-refractivity contribution >= 4 is 27.6 Å². The zero-order valence-electron chi connectivity index (χ0n) is 27.0. The lowest BCUT2D eigenvalue weighted by Gasteiger charge is -2.30. The zero-order valence-corrected chi connectivity index (χ0v) is 29.0. The molecule has 0 aliphatic heterocycles. The summed E-state index contributed by atoms with van der Waals surface area (Å²) in [6.45, 7) is 16.1. The van der Waals surface area contributed by atoms with E-state index in [0.29, 0.717) is 24.9 Å². The number of halogens is 1. The van der Waals surface area contributed by atoms with Crippen LogP contribution in [-0.4, -0.2) is 62.5 Å². The number of aliphatic hydroxyl groups excluding tert-OH is 1. The highest BCUT2D eigenvalue weighted by Crippen LogP contribution is 2.48. The number of nitrogens with zero attached hydrogens (tertiary/aromatic N) is 4. The lowest BCUT2D eigenvalue weighted by Crippen LogP contribution is -2.33. The SMILES string of the molecule is C[Si](C)(C)CCOCN(COCC[Si](C)(C)C)c1cc(C2C[C@H]3CC[C@@H](C2)C3)nc2c(-c3ccc(CO)c(F)c3)cnn12. The topological polar surface area (TPSA) is 72.1 Å². The Hall–Kier alpha value is -2.12. The van der Waals surface area contributed by atoms with Gasteiger partial charge in [0.05, 0.1) is 12.8 Å². The molecule has 2 aromatic heterocycles. The van der Waals surface area contributed by atoms with E-state index in [1.54, 1.807) is 12.3 Å². The maximum Gasteiger partial charge on any atom is 0.165 e. The fourth-order valence-electron chi connectivity index (χ4n) is 6.47. The van der Waals surface area contributed by atoms with E-state index in [0.717, 1.165) is 59.9 Å². The van der Waals surface area contributed by atoms with E-state index in [2.05, 4.69) is 50.2 Å². The summed E-state index contributed by atoms with van der Waals surface area (Å²) in [5.41, 5.74) is 3.57. The first-order valence-corrected chi connectivity index (χ1v) is 23.5. The lowest BCUT2D eigenvalue weighted by molar-refractivity contribution is 0.0942. The van der Waals surface area contributed by atoms with Crippen LogP contribution in [-0.2, 0) is 16.1 Å². The third-order valence-corrected chi connectivity index (χ3v) is 12.5. The molecule has 3 atom stereocenters. The van der Waals surface area contributed by atoms with Gasteiger partial charge >= 0.3 is 0 Å². The van der Waals surface area contributed by atoms with Crippen molar-refractivity contribution in [2.75, 3.05) is 31.6 Å². The van der Waals surface area contributed by atoms with E-state index >= 15 is 0 Å². The van der Waals surface area contributed by atoms with Crippen molar-refractivity contribution in [3.63, 3.8) is 0 Å². The maximum atomic E-state index is 14.8. The predicted molar refractivity (Wildman–Crippen MR) is 178 cm³/mol. The molecule has 0 amide bonds. The molecule has 2 aliphatic carbocycles. The molecule has 10 heteroatoms. The number of anilines is 1. The minimum atomic E-state index is -1.23. The van der Waals surface area contributed by atoms with Crippen LogP contribution in [0.2, 0.25) is 51.4 Å². The van der Waals surface area contributed by atoms with Gasteiger partial charge in [-0.05, 0) is 54.8 Å². The minimum Gasteiger partial charge on any atom is -0.392 e. The van der Waals surface area contributed by atoms with E-state index in [1.807, 2.05) is 10.6 Å². The second kappa shape index (κ2) is 13.5. The average Bonchev–Trinajstić information content (AvgIpc) is 3.52. The van der Waals surface area contributed by atoms with Crippen LogP contribution in [0, 0.1) is 17.7 Å². The molecule has 2 saturated carbocycles. The summed E-state index contributed by atoms with van der Waals surface area (Å²) in [6.07, 6.45) is 8.12. The van der Waals surface area contributed by atoms with Gasteiger partial charge in [0.2, 0.25) is 0 Å². The number of aromatic nitrogens is 3. The number of aliphatic hydroxyl groups is 1. The number of benzene rings is 1. The van der Waals surface area contributed by atoms with Crippen LogP contribution in [0.4, 0.5) is 10.2 Å².